The summed E-state index contributed by atoms with van der Waals surface area (Å²) >= 11 is 0. The first-order chi connectivity index (χ1) is 8.52. The molecule has 1 rings (SSSR count). The molecule has 1 atom stereocenters. The number of carbonyl (C=O) groups is 2. The highest BCUT2D eigenvalue weighted by atomic mass is 16.4. The number of aliphatic carboxylic acids is 1. The van der Waals surface area contributed by atoms with E-state index in [1.165, 1.54) is 0 Å². The van der Waals surface area contributed by atoms with E-state index in [4.69, 9.17) is 10.2 Å². The molecule has 0 aliphatic carbocycles. The van der Waals surface area contributed by atoms with E-state index in [2.05, 4.69) is 15.7 Å². The van der Waals surface area contributed by atoms with Crippen molar-refractivity contribution in [1.82, 2.24) is 20.4 Å². The second-order valence-corrected chi connectivity index (χ2v) is 3.75. The molecule has 0 saturated heterocycles. The summed E-state index contributed by atoms with van der Waals surface area (Å²) in [5.41, 5.74) is 0.967. The number of nitrogens with zero attached hydrogens (tertiary/aromatic N) is 2. The summed E-state index contributed by atoms with van der Waals surface area (Å²) in [6.45, 7) is -0.291. The number of hydrogen-bond donors (Lipinski definition) is 4. The number of amides is 2. The van der Waals surface area contributed by atoms with Gasteiger partial charge in [0, 0.05) is 19.8 Å². The highest BCUT2D eigenvalue weighted by molar-refractivity contribution is 5.82. The largest absolute Gasteiger partial charge is 0.480 e. The summed E-state index contributed by atoms with van der Waals surface area (Å²) < 4.78 is 1.65. The Bertz CT molecular complexity index is 418. The Hall–Kier alpha value is -2.09. The maximum atomic E-state index is 11.3. The number of carboxylic acids is 1. The topological polar surface area (TPSA) is 116 Å². The maximum Gasteiger partial charge on any atom is 0.328 e. The molecule has 0 aliphatic heterocycles. The Kier molecular flexibility index (Phi) is 5.12. The first kappa shape index (κ1) is 14.0. The van der Waals surface area contributed by atoms with Crippen molar-refractivity contribution in [3.63, 3.8) is 0 Å². The number of hydrogen-bond acceptors (Lipinski definition) is 4. The van der Waals surface area contributed by atoms with Gasteiger partial charge in [0.1, 0.15) is 0 Å². The first-order valence-electron chi connectivity index (χ1n) is 5.38. The van der Waals surface area contributed by atoms with Crippen molar-refractivity contribution in [2.24, 2.45) is 7.05 Å². The second kappa shape index (κ2) is 6.60. The fourth-order valence-corrected chi connectivity index (χ4v) is 1.32. The lowest BCUT2D eigenvalue weighted by Crippen LogP contribution is -2.48. The minimum atomic E-state index is -1.29. The number of aliphatic hydroxyl groups excluding tert-OH is 1. The third kappa shape index (κ3) is 4.42. The predicted octanol–water partition coefficient (Wildman–Crippen LogP) is -1.29. The van der Waals surface area contributed by atoms with Crippen LogP contribution in [0.5, 0.6) is 0 Å². The summed E-state index contributed by atoms with van der Waals surface area (Å²) in [5, 5.41) is 25.9. The molecule has 100 valence electrons. The van der Waals surface area contributed by atoms with E-state index in [1.807, 2.05) is 6.20 Å². The van der Waals surface area contributed by atoms with Gasteiger partial charge in [0.25, 0.3) is 0 Å². The van der Waals surface area contributed by atoms with Crippen LogP contribution in [0.1, 0.15) is 5.56 Å². The standard InChI is InChI=1S/C10H16N4O4/c1-14-5-7(4-12-14)2-3-11-10(18)13-8(6-15)9(16)17/h4-5,8,15H,2-3,6H2,1H3,(H,16,17)(H2,11,13,18). The molecule has 0 aliphatic rings. The molecule has 0 fully saturated rings. The summed E-state index contributed by atoms with van der Waals surface area (Å²) in [4.78, 5) is 21.8. The monoisotopic (exact) mass is 256 g/mol. The van der Waals surface area contributed by atoms with Crippen LogP contribution >= 0.6 is 0 Å². The molecular formula is C10H16N4O4. The zero-order chi connectivity index (χ0) is 13.5. The third-order valence-corrected chi connectivity index (χ3v) is 2.24. The van der Waals surface area contributed by atoms with Gasteiger partial charge < -0.3 is 20.8 Å². The van der Waals surface area contributed by atoms with Crippen LogP contribution in [-0.4, -0.2) is 51.2 Å². The molecule has 0 saturated carbocycles. The molecule has 2 amide bonds. The van der Waals surface area contributed by atoms with Gasteiger partial charge in [-0.1, -0.05) is 0 Å². The van der Waals surface area contributed by atoms with Gasteiger partial charge in [-0.25, -0.2) is 9.59 Å². The van der Waals surface area contributed by atoms with Gasteiger partial charge in [-0.3, -0.25) is 4.68 Å². The number of rotatable bonds is 6. The lowest BCUT2D eigenvalue weighted by atomic mass is 10.2. The molecule has 0 bridgehead atoms. The fraction of sp³-hybridized carbons (Fsp3) is 0.500. The van der Waals surface area contributed by atoms with Crippen molar-refractivity contribution >= 4 is 12.0 Å². The van der Waals surface area contributed by atoms with Crippen LogP contribution in [0.15, 0.2) is 12.4 Å². The van der Waals surface area contributed by atoms with Crippen LogP contribution < -0.4 is 10.6 Å². The summed E-state index contributed by atoms with van der Waals surface area (Å²) in [6.07, 6.45) is 4.11. The molecule has 1 unspecified atom stereocenters. The van der Waals surface area contributed by atoms with Crippen LogP contribution in [0.2, 0.25) is 0 Å². The number of aryl methyl sites for hydroxylation is 1. The lowest BCUT2D eigenvalue weighted by molar-refractivity contribution is -0.140. The van der Waals surface area contributed by atoms with Gasteiger partial charge in [0.05, 0.1) is 12.8 Å². The van der Waals surface area contributed by atoms with E-state index in [-0.39, 0.29) is 0 Å². The number of aliphatic hydroxyl groups is 1. The van der Waals surface area contributed by atoms with Crippen LogP contribution in [0, 0.1) is 0 Å². The summed E-state index contributed by atoms with van der Waals surface area (Å²) in [6, 6.07) is -1.91. The molecule has 8 nitrogen and oxygen atoms in total. The van der Waals surface area contributed by atoms with Crippen LogP contribution in [0.25, 0.3) is 0 Å². The molecule has 0 radical (unpaired) electrons. The van der Waals surface area contributed by atoms with E-state index in [0.717, 1.165) is 5.56 Å². The SMILES string of the molecule is Cn1cc(CCNC(=O)NC(CO)C(=O)O)cn1. The smallest absolute Gasteiger partial charge is 0.328 e. The van der Waals surface area contributed by atoms with Crippen LogP contribution in [0.4, 0.5) is 4.79 Å². The first-order valence-corrected chi connectivity index (χ1v) is 5.38. The average molecular weight is 256 g/mol. The minimum Gasteiger partial charge on any atom is -0.480 e. The van der Waals surface area contributed by atoms with Gasteiger partial charge >= 0.3 is 12.0 Å². The maximum absolute atomic E-state index is 11.3. The van der Waals surface area contributed by atoms with Gasteiger partial charge in [-0.15, -0.1) is 0 Å². The molecule has 1 aromatic heterocycles. The second-order valence-electron chi connectivity index (χ2n) is 3.75. The van der Waals surface area contributed by atoms with E-state index in [9.17, 15) is 9.59 Å². The molecule has 0 aromatic carbocycles. The van der Waals surface area contributed by atoms with Crippen molar-refractivity contribution in [1.29, 1.82) is 0 Å². The molecule has 18 heavy (non-hydrogen) atoms. The molecule has 4 N–H and O–H groups in total. The Labute approximate surface area is 104 Å². The lowest BCUT2D eigenvalue weighted by Gasteiger charge is -2.12. The predicted molar refractivity (Wildman–Crippen MR) is 62.0 cm³/mol. The Balaban J connectivity index is 2.26. The zero-order valence-corrected chi connectivity index (χ0v) is 9.96. The zero-order valence-electron chi connectivity index (χ0n) is 9.96. The summed E-state index contributed by atoms with van der Waals surface area (Å²) in [5.74, 6) is -1.28. The highest BCUT2D eigenvalue weighted by Gasteiger charge is 2.18. The number of carboxylic acid groups (broad SMARTS) is 1. The van der Waals surface area contributed by atoms with E-state index >= 15 is 0 Å². The van der Waals surface area contributed by atoms with Gasteiger partial charge in [0.15, 0.2) is 6.04 Å². The molecule has 1 heterocycles. The Morgan fingerprint density at radius 3 is 2.78 bits per heavy atom. The van der Waals surface area contributed by atoms with Crippen LogP contribution in [0.3, 0.4) is 0 Å². The fourth-order valence-electron chi connectivity index (χ4n) is 1.32. The van der Waals surface area contributed by atoms with Gasteiger partial charge in [-0.05, 0) is 12.0 Å². The van der Waals surface area contributed by atoms with Gasteiger partial charge in [-0.2, -0.15) is 5.10 Å². The van der Waals surface area contributed by atoms with Crippen molar-refractivity contribution in [2.45, 2.75) is 12.5 Å². The molecule has 1 aromatic rings. The number of urea groups is 1. The number of aromatic nitrogens is 2. The van der Waals surface area contributed by atoms with E-state index in [1.54, 1.807) is 17.9 Å². The highest BCUT2D eigenvalue weighted by Crippen LogP contribution is 1.95. The van der Waals surface area contributed by atoms with Crippen molar-refractivity contribution in [3.8, 4) is 0 Å². The third-order valence-electron chi connectivity index (χ3n) is 2.24. The molecule has 0 spiro atoms. The average Bonchev–Trinajstić information content (AvgIpc) is 2.71. The van der Waals surface area contributed by atoms with E-state index in [0.29, 0.717) is 13.0 Å². The Morgan fingerprint density at radius 1 is 1.56 bits per heavy atom. The van der Waals surface area contributed by atoms with Crippen LogP contribution in [-0.2, 0) is 18.3 Å². The quantitative estimate of drug-likeness (QED) is 0.505. The molecular weight excluding hydrogens is 240 g/mol. The Morgan fingerprint density at radius 2 is 2.28 bits per heavy atom. The van der Waals surface area contributed by atoms with Crippen molar-refractivity contribution in [3.05, 3.63) is 18.0 Å². The van der Waals surface area contributed by atoms with Gasteiger partial charge in [0.2, 0.25) is 0 Å². The number of nitrogens with one attached hydrogen (secondary N) is 2. The van der Waals surface area contributed by atoms with E-state index < -0.39 is 24.6 Å². The normalized spacial score (nSPS) is 11.9. The minimum absolute atomic E-state index is 0.356. The molecule has 8 heteroatoms. The van der Waals surface area contributed by atoms with Crippen molar-refractivity contribution < 1.29 is 19.8 Å². The number of carbonyl (C=O) groups excluding carboxylic acids is 1. The van der Waals surface area contributed by atoms with Crippen molar-refractivity contribution in [2.75, 3.05) is 13.2 Å². The summed E-state index contributed by atoms with van der Waals surface area (Å²) in [7, 11) is 1.79.